The van der Waals surface area contributed by atoms with Gasteiger partial charge in [-0.2, -0.15) is 21.6 Å². The second-order valence-electron chi connectivity index (χ2n) is 6.19. The summed E-state index contributed by atoms with van der Waals surface area (Å²) in [4.78, 5) is 18.2. The topological polar surface area (TPSA) is 91.4 Å². The summed E-state index contributed by atoms with van der Waals surface area (Å²) in [5.74, 6) is 0. The van der Waals surface area contributed by atoms with Crippen molar-refractivity contribution >= 4 is 27.4 Å². The van der Waals surface area contributed by atoms with Crippen LogP contribution in [0.3, 0.4) is 0 Å². The van der Waals surface area contributed by atoms with Gasteiger partial charge in [0.15, 0.2) is 0 Å². The van der Waals surface area contributed by atoms with Gasteiger partial charge in [0, 0.05) is 30.3 Å². The molecule has 1 aliphatic rings. The molecule has 2 N–H and O–H groups in total. The van der Waals surface area contributed by atoms with Gasteiger partial charge in [-0.3, -0.25) is 9.71 Å². The molecule has 1 aliphatic heterocycles. The molecular weight excluding hydrogens is 397 g/mol. The number of nitrogens with zero attached hydrogens (tertiary/aromatic N) is 2. The molecule has 1 saturated heterocycles. The number of alkyl halides is 3. The number of carbonyl (C=O) groups excluding carboxylic acids is 1. The first kappa shape index (κ1) is 19.9. The summed E-state index contributed by atoms with van der Waals surface area (Å²) in [5.41, 5.74) is -4.36. The number of hydrogen-bond acceptors (Lipinski definition) is 4. The molecule has 11 heteroatoms. The minimum atomic E-state index is -5.49. The van der Waals surface area contributed by atoms with E-state index in [1.54, 1.807) is 17.3 Å². The molecule has 0 saturated carbocycles. The number of amides is 2. The van der Waals surface area contributed by atoms with Crippen LogP contribution in [-0.2, 0) is 10.0 Å². The number of urea groups is 1. The zero-order chi connectivity index (χ0) is 20.4. The molecule has 0 aliphatic carbocycles. The third-order valence-electron chi connectivity index (χ3n) is 4.30. The van der Waals surface area contributed by atoms with Gasteiger partial charge < -0.3 is 10.2 Å². The van der Waals surface area contributed by atoms with Crippen molar-refractivity contribution in [3.63, 3.8) is 0 Å². The average molecular weight is 414 g/mol. The number of hydrogen-bond donors (Lipinski definition) is 2. The van der Waals surface area contributed by atoms with Crippen LogP contribution < -0.4 is 10.0 Å². The molecule has 150 valence electrons. The van der Waals surface area contributed by atoms with Crippen LogP contribution in [0.2, 0.25) is 0 Å². The lowest BCUT2D eigenvalue weighted by Gasteiger charge is -2.25. The summed E-state index contributed by atoms with van der Waals surface area (Å²) < 4.78 is 60.9. The lowest BCUT2D eigenvalue weighted by Crippen LogP contribution is -2.34. The van der Waals surface area contributed by atoms with Gasteiger partial charge in [0.05, 0.1) is 6.04 Å². The van der Waals surface area contributed by atoms with Crippen molar-refractivity contribution in [2.24, 2.45) is 0 Å². The zero-order valence-corrected chi connectivity index (χ0v) is 15.3. The summed E-state index contributed by atoms with van der Waals surface area (Å²) in [6.45, 7) is 0.572. The maximum absolute atomic E-state index is 12.6. The predicted octanol–water partition coefficient (Wildman–Crippen LogP) is 3.71. The van der Waals surface area contributed by atoms with E-state index in [2.05, 4.69) is 10.3 Å². The van der Waals surface area contributed by atoms with Crippen molar-refractivity contribution in [1.82, 2.24) is 9.88 Å². The Labute approximate surface area is 159 Å². The summed E-state index contributed by atoms with van der Waals surface area (Å²) >= 11 is 0. The summed E-state index contributed by atoms with van der Waals surface area (Å²) in [6, 6.07) is 8.19. The molecule has 1 aromatic heterocycles. The van der Waals surface area contributed by atoms with E-state index in [0.717, 1.165) is 30.5 Å². The second-order valence-corrected chi connectivity index (χ2v) is 7.86. The first-order valence-corrected chi connectivity index (χ1v) is 9.82. The molecule has 1 atom stereocenters. The maximum Gasteiger partial charge on any atom is 0.516 e. The van der Waals surface area contributed by atoms with E-state index < -0.39 is 15.5 Å². The van der Waals surface area contributed by atoms with Crippen LogP contribution in [0.4, 0.5) is 29.3 Å². The molecule has 0 bridgehead atoms. The number of anilines is 2. The lowest BCUT2D eigenvalue weighted by molar-refractivity contribution is -0.0429. The fourth-order valence-corrected chi connectivity index (χ4v) is 3.53. The van der Waals surface area contributed by atoms with Crippen molar-refractivity contribution < 1.29 is 26.4 Å². The Balaban J connectivity index is 1.66. The van der Waals surface area contributed by atoms with Gasteiger partial charge in [-0.05, 0) is 54.8 Å². The molecule has 1 fully saturated rings. The Morgan fingerprint density at radius 2 is 1.68 bits per heavy atom. The largest absolute Gasteiger partial charge is 0.516 e. The second kappa shape index (κ2) is 7.66. The standard InChI is InChI=1S/C17H17F3N4O3S/c18-17(19,20)28(26,27)23-14-5-3-13(4-6-14)22-16(25)24-11-1-2-15(24)12-7-9-21-10-8-12/h3-10,15,23H,1-2,11H2,(H,22,25). The van der Waals surface area contributed by atoms with Crippen LogP contribution in [-0.4, -0.2) is 36.4 Å². The number of benzene rings is 1. The zero-order valence-electron chi connectivity index (χ0n) is 14.5. The van der Waals surface area contributed by atoms with Crippen LogP contribution in [0.15, 0.2) is 48.8 Å². The number of sulfonamides is 1. The fourth-order valence-electron chi connectivity index (χ4n) is 2.97. The Kier molecular flexibility index (Phi) is 5.45. The van der Waals surface area contributed by atoms with Crippen LogP contribution in [0.1, 0.15) is 24.4 Å². The first-order valence-electron chi connectivity index (χ1n) is 8.34. The Morgan fingerprint density at radius 1 is 1.07 bits per heavy atom. The highest BCUT2D eigenvalue weighted by Crippen LogP contribution is 2.32. The molecule has 0 radical (unpaired) electrons. The Morgan fingerprint density at radius 3 is 2.29 bits per heavy atom. The predicted molar refractivity (Wildman–Crippen MR) is 97.0 cm³/mol. The normalized spacial score (nSPS) is 17.4. The minimum absolute atomic E-state index is 0.0825. The molecule has 2 aromatic rings. The molecule has 1 aromatic carbocycles. The number of halogens is 3. The van der Waals surface area contributed by atoms with E-state index in [9.17, 15) is 26.4 Å². The first-order chi connectivity index (χ1) is 13.2. The molecule has 2 amide bonds. The van der Waals surface area contributed by atoms with E-state index in [1.807, 2.05) is 12.1 Å². The number of nitrogens with one attached hydrogen (secondary N) is 2. The third-order valence-corrected chi connectivity index (χ3v) is 5.41. The fraction of sp³-hybridized carbons (Fsp3) is 0.294. The van der Waals surface area contributed by atoms with Gasteiger partial charge in [-0.1, -0.05) is 0 Å². The van der Waals surface area contributed by atoms with Gasteiger partial charge in [-0.15, -0.1) is 0 Å². The van der Waals surface area contributed by atoms with Gasteiger partial charge in [0.1, 0.15) is 0 Å². The van der Waals surface area contributed by atoms with Gasteiger partial charge >= 0.3 is 21.6 Å². The maximum atomic E-state index is 12.6. The van der Waals surface area contributed by atoms with Crippen LogP contribution in [0.5, 0.6) is 0 Å². The van der Waals surface area contributed by atoms with Crippen LogP contribution in [0.25, 0.3) is 0 Å². The van der Waals surface area contributed by atoms with E-state index >= 15 is 0 Å². The molecule has 0 spiro atoms. The van der Waals surface area contributed by atoms with E-state index in [1.165, 1.54) is 16.9 Å². The minimum Gasteiger partial charge on any atom is -0.317 e. The summed E-state index contributed by atoms with van der Waals surface area (Å²) in [5, 5.41) is 2.68. The average Bonchev–Trinajstić information content (AvgIpc) is 3.13. The highest BCUT2D eigenvalue weighted by atomic mass is 32.2. The smallest absolute Gasteiger partial charge is 0.317 e. The van der Waals surface area contributed by atoms with Crippen molar-refractivity contribution in [2.45, 2.75) is 24.4 Å². The highest BCUT2D eigenvalue weighted by Gasteiger charge is 2.46. The number of aromatic nitrogens is 1. The van der Waals surface area contributed by atoms with Gasteiger partial charge in [0.2, 0.25) is 0 Å². The molecule has 3 rings (SSSR count). The van der Waals surface area contributed by atoms with Gasteiger partial charge in [-0.25, -0.2) is 4.79 Å². The van der Waals surface area contributed by atoms with Crippen LogP contribution in [0, 0.1) is 0 Å². The summed E-state index contributed by atoms with van der Waals surface area (Å²) in [7, 11) is -5.49. The third kappa shape index (κ3) is 4.35. The van der Waals surface area contributed by atoms with Crippen molar-refractivity contribution in [3.05, 3.63) is 54.4 Å². The van der Waals surface area contributed by atoms with Crippen molar-refractivity contribution in [1.29, 1.82) is 0 Å². The summed E-state index contributed by atoms with van der Waals surface area (Å²) in [6.07, 6.45) is 4.98. The van der Waals surface area contributed by atoms with E-state index in [0.29, 0.717) is 12.2 Å². The highest BCUT2D eigenvalue weighted by molar-refractivity contribution is 7.93. The van der Waals surface area contributed by atoms with Crippen LogP contribution >= 0.6 is 0 Å². The Bertz CT molecular complexity index is 934. The van der Waals surface area contributed by atoms with E-state index in [-0.39, 0.29) is 17.8 Å². The van der Waals surface area contributed by atoms with Crippen molar-refractivity contribution in [3.8, 4) is 0 Å². The monoisotopic (exact) mass is 414 g/mol. The number of pyridine rings is 1. The quantitative estimate of drug-likeness (QED) is 0.798. The van der Waals surface area contributed by atoms with Gasteiger partial charge in [0.25, 0.3) is 0 Å². The number of likely N-dealkylation sites (tertiary alicyclic amines) is 1. The number of carbonyl (C=O) groups is 1. The molecule has 1 unspecified atom stereocenters. The van der Waals surface area contributed by atoms with E-state index in [4.69, 9.17) is 0 Å². The number of rotatable bonds is 4. The molecule has 28 heavy (non-hydrogen) atoms. The molecule has 2 heterocycles. The van der Waals surface area contributed by atoms with Crippen molar-refractivity contribution in [2.75, 3.05) is 16.6 Å². The molecular formula is C17H17F3N4O3S. The molecule has 7 nitrogen and oxygen atoms in total. The Hall–Kier alpha value is -2.82. The lowest BCUT2D eigenvalue weighted by atomic mass is 10.1. The SMILES string of the molecule is O=C(Nc1ccc(NS(=O)(=O)C(F)(F)F)cc1)N1CCCC1c1ccncc1.